The first-order chi connectivity index (χ1) is 8.40. The molecule has 0 aromatic rings. The van der Waals surface area contributed by atoms with Crippen LogP contribution >= 0.6 is 0 Å². The van der Waals surface area contributed by atoms with Crippen molar-refractivity contribution in [1.29, 1.82) is 0 Å². The van der Waals surface area contributed by atoms with Gasteiger partial charge in [0.15, 0.2) is 0 Å². The van der Waals surface area contributed by atoms with E-state index in [2.05, 4.69) is 26.0 Å². The summed E-state index contributed by atoms with van der Waals surface area (Å²) in [5.41, 5.74) is -0.297. The summed E-state index contributed by atoms with van der Waals surface area (Å²) >= 11 is 0. The van der Waals surface area contributed by atoms with Crippen molar-refractivity contribution in [2.24, 2.45) is 28.1 Å². The van der Waals surface area contributed by atoms with Crippen LogP contribution in [-0.2, 0) is 4.79 Å². The van der Waals surface area contributed by atoms with Gasteiger partial charge in [-0.1, -0.05) is 26.0 Å². The van der Waals surface area contributed by atoms with Crippen LogP contribution in [0.3, 0.4) is 0 Å². The summed E-state index contributed by atoms with van der Waals surface area (Å²) < 4.78 is 0. The molecule has 0 saturated heterocycles. The van der Waals surface area contributed by atoms with Gasteiger partial charge in [0.1, 0.15) is 0 Å². The van der Waals surface area contributed by atoms with E-state index in [-0.39, 0.29) is 28.8 Å². The quantitative estimate of drug-likeness (QED) is 0.740. The maximum Gasteiger partial charge on any atom is 0.307 e. The van der Waals surface area contributed by atoms with Crippen LogP contribution < -0.4 is 0 Å². The number of aliphatic carboxylic acids is 1. The number of carboxylic acid groups (broad SMARTS) is 1. The van der Waals surface area contributed by atoms with Gasteiger partial charge in [-0.15, -0.1) is 0 Å². The van der Waals surface area contributed by atoms with Crippen molar-refractivity contribution >= 4 is 5.97 Å². The van der Waals surface area contributed by atoms with Gasteiger partial charge in [-0.3, -0.25) is 4.79 Å². The van der Waals surface area contributed by atoms with Crippen LogP contribution in [0, 0.1) is 28.1 Å². The van der Waals surface area contributed by atoms with Crippen LogP contribution in [0.15, 0.2) is 12.2 Å². The number of carboxylic acids is 1. The molecule has 0 aromatic carbocycles. The molecule has 3 heteroatoms. The molecule has 0 heterocycles. The molecule has 0 amide bonds. The molecule has 5 atom stereocenters. The minimum atomic E-state index is -0.655. The van der Waals surface area contributed by atoms with E-state index in [0.29, 0.717) is 5.92 Å². The lowest BCUT2D eigenvalue weighted by Gasteiger charge is -2.41. The molecule has 0 unspecified atom stereocenters. The first-order valence-electron chi connectivity index (χ1n) is 6.91. The smallest absolute Gasteiger partial charge is 0.307 e. The second kappa shape index (κ2) is 3.38. The maximum atomic E-state index is 11.6. The summed E-state index contributed by atoms with van der Waals surface area (Å²) in [6, 6.07) is 0. The molecule has 0 aromatic heterocycles. The molecular formula is C15H22O3. The number of aliphatic hydroxyl groups excluding tert-OH is 1. The molecule has 3 aliphatic carbocycles. The summed E-state index contributed by atoms with van der Waals surface area (Å²) in [6.07, 6.45) is 7.96. The van der Waals surface area contributed by atoms with Crippen LogP contribution in [0.4, 0.5) is 0 Å². The van der Waals surface area contributed by atoms with Crippen molar-refractivity contribution in [1.82, 2.24) is 0 Å². The normalized spacial score (nSPS) is 53.5. The van der Waals surface area contributed by atoms with Gasteiger partial charge in [-0.2, -0.15) is 0 Å². The first kappa shape index (κ1) is 12.2. The zero-order valence-corrected chi connectivity index (χ0v) is 11.1. The topological polar surface area (TPSA) is 57.5 Å². The molecule has 2 fully saturated rings. The van der Waals surface area contributed by atoms with Crippen molar-refractivity contribution in [2.45, 2.75) is 39.5 Å². The standard InChI is InChI=1S/C15H22O3/c1-13(9-16)8-14(2)6-3-7-15(14)10(12(17)18)4-5-11(13)15/h3,7,10-11,16H,4-6,8-9H2,1-2H3,(H,17,18)/t10-,11-,13-,14-,15-/m0/s1. The predicted octanol–water partition coefficient (Wildman–Crippen LogP) is 2.45. The van der Waals surface area contributed by atoms with E-state index >= 15 is 0 Å². The highest BCUT2D eigenvalue weighted by Crippen LogP contribution is 2.75. The largest absolute Gasteiger partial charge is 0.481 e. The highest BCUT2D eigenvalue weighted by Gasteiger charge is 2.71. The fourth-order valence-corrected chi connectivity index (χ4v) is 5.68. The van der Waals surface area contributed by atoms with Crippen LogP contribution in [0.2, 0.25) is 0 Å². The molecule has 3 aliphatic rings. The van der Waals surface area contributed by atoms with E-state index in [0.717, 1.165) is 25.7 Å². The van der Waals surface area contributed by atoms with E-state index in [1.54, 1.807) is 0 Å². The summed E-state index contributed by atoms with van der Waals surface area (Å²) in [6.45, 7) is 4.54. The summed E-state index contributed by atoms with van der Waals surface area (Å²) in [5, 5.41) is 19.4. The second-order valence-corrected chi connectivity index (χ2v) is 7.11. The van der Waals surface area contributed by atoms with Crippen molar-refractivity contribution in [3.63, 3.8) is 0 Å². The van der Waals surface area contributed by atoms with Crippen LogP contribution in [0.25, 0.3) is 0 Å². The third-order valence-electron chi connectivity index (χ3n) is 6.20. The molecular weight excluding hydrogens is 228 g/mol. The minimum Gasteiger partial charge on any atom is -0.481 e. The average Bonchev–Trinajstić information content (AvgIpc) is 2.87. The van der Waals surface area contributed by atoms with E-state index in [1.165, 1.54) is 0 Å². The second-order valence-electron chi connectivity index (χ2n) is 7.11. The van der Waals surface area contributed by atoms with E-state index < -0.39 is 5.97 Å². The Morgan fingerprint density at radius 2 is 2.11 bits per heavy atom. The number of hydrogen-bond acceptors (Lipinski definition) is 2. The Kier molecular flexibility index (Phi) is 2.30. The van der Waals surface area contributed by atoms with Gasteiger partial charge in [0, 0.05) is 12.0 Å². The van der Waals surface area contributed by atoms with Gasteiger partial charge in [0.2, 0.25) is 0 Å². The van der Waals surface area contributed by atoms with Crippen molar-refractivity contribution in [3.8, 4) is 0 Å². The predicted molar refractivity (Wildman–Crippen MR) is 68.0 cm³/mol. The van der Waals surface area contributed by atoms with Gasteiger partial charge < -0.3 is 10.2 Å². The monoisotopic (exact) mass is 250 g/mol. The molecule has 3 rings (SSSR count). The van der Waals surface area contributed by atoms with E-state index in [9.17, 15) is 15.0 Å². The fourth-order valence-electron chi connectivity index (χ4n) is 5.68. The molecule has 0 radical (unpaired) electrons. The Hall–Kier alpha value is -0.830. The van der Waals surface area contributed by atoms with Gasteiger partial charge in [0.05, 0.1) is 5.92 Å². The number of rotatable bonds is 2. The number of carbonyl (C=O) groups is 1. The zero-order valence-electron chi connectivity index (χ0n) is 11.1. The van der Waals surface area contributed by atoms with Crippen LogP contribution in [-0.4, -0.2) is 22.8 Å². The Morgan fingerprint density at radius 3 is 2.72 bits per heavy atom. The summed E-state index contributed by atoms with van der Waals surface area (Å²) in [4.78, 5) is 11.6. The summed E-state index contributed by atoms with van der Waals surface area (Å²) in [5.74, 6) is -0.600. The van der Waals surface area contributed by atoms with Gasteiger partial charge in [0.25, 0.3) is 0 Å². The van der Waals surface area contributed by atoms with Crippen molar-refractivity contribution < 1.29 is 15.0 Å². The highest BCUT2D eigenvalue weighted by atomic mass is 16.4. The third kappa shape index (κ3) is 1.12. The molecule has 18 heavy (non-hydrogen) atoms. The Balaban J connectivity index is 2.14. The lowest BCUT2D eigenvalue weighted by molar-refractivity contribution is -0.147. The highest BCUT2D eigenvalue weighted by molar-refractivity contribution is 5.73. The van der Waals surface area contributed by atoms with Crippen LogP contribution in [0.1, 0.15) is 39.5 Å². The molecule has 2 saturated carbocycles. The molecule has 1 spiro atoms. The Labute approximate surface area is 108 Å². The van der Waals surface area contributed by atoms with Gasteiger partial charge >= 0.3 is 5.97 Å². The zero-order chi connectivity index (χ0) is 13.2. The number of hydrogen-bond donors (Lipinski definition) is 2. The maximum absolute atomic E-state index is 11.6. The van der Waals surface area contributed by atoms with Crippen molar-refractivity contribution in [2.75, 3.05) is 6.61 Å². The number of aliphatic hydroxyl groups is 1. The Morgan fingerprint density at radius 1 is 1.39 bits per heavy atom. The van der Waals surface area contributed by atoms with E-state index in [1.807, 2.05) is 0 Å². The van der Waals surface area contributed by atoms with Crippen molar-refractivity contribution in [3.05, 3.63) is 12.2 Å². The lowest BCUT2D eigenvalue weighted by atomic mass is 9.61. The molecule has 100 valence electrons. The molecule has 0 bridgehead atoms. The SMILES string of the molecule is C[C@@]1(CO)C[C@]2(C)CC=C[C@@]23[C@H](C(=O)O)CC[C@@H]13. The van der Waals surface area contributed by atoms with Gasteiger partial charge in [-0.25, -0.2) is 0 Å². The molecule has 3 nitrogen and oxygen atoms in total. The van der Waals surface area contributed by atoms with E-state index in [4.69, 9.17) is 0 Å². The number of allylic oxidation sites excluding steroid dienone is 2. The minimum absolute atomic E-state index is 0.0225. The summed E-state index contributed by atoms with van der Waals surface area (Å²) in [7, 11) is 0. The average molecular weight is 250 g/mol. The lowest BCUT2D eigenvalue weighted by Crippen LogP contribution is -2.41. The molecule has 2 N–H and O–H groups in total. The first-order valence-corrected chi connectivity index (χ1v) is 6.91. The molecule has 0 aliphatic heterocycles. The Bertz CT molecular complexity index is 429. The fraction of sp³-hybridized carbons (Fsp3) is 0.800. The van der Waals surface area contributed by atoms with Gasteiger partial charge in [-0.05, 0) is 42.4 Å². The van der Waals surface area contributed by atoms with Crippen LogP contribution in [0.5, 0.6) is 0 Å². The third-order valence-corrected chi connectivity index (χ3v) is 6.20.